The minimum absolute atomic E-state index is 0.0527. The highest BCUT2D eigenvalue weighted by molar-refractivity contribution is 5.99. The molecule has 4 nitrogen and oxygen atoms in total. The lowest BCUT2D eigenvalue weighted by Gasteiger charge is -2.34. The van der Waals surface area contributed by atoms with Gasteiger partial charge in [0.05, 0.1) is 11.7 Å². The van der Waals surface area contributed by atoms with Crippen LogP contribution in [0.5, 0.6) is 0 Å². The summed E-state index contributed by atoms with van der Waals surface area (Å²) in [6, 6.07) is 16.2. The van der Waals surface area contributed by atoms with Crippen molar-refractivity contribution >= 4 is 17.6 Å². The standard InChI is InChI=1S/C18H17NO3/c20-17(12-13-6-2-1-3-7-13)16-11-10-14-8-4-5-9-15(14)19(16)18(21)22/h1-9,16H,10-12H2,(H,21,22). The quantitative estimate of drug-likeness (QED) is 0.945. The predicted octanol–water partition coefficient (Wildman–Crippen LogP) is 3.30. The largest absolute Gasteiger partial charge is 0.465 e. The van der Waals surface area contributed by atoms with Gasteiger partial charge in [-0.25, -0.2) is 4.79 Å². The third-order valence-electron chi connectivity index (χ3n) is 4.05. The van der Waals surface area contributed by atoms with Crippen LogP contribution in [0.4, 0.5) is 10.5 Å². The Morgan fingerprint density at radius 3 is 2.45 bits per heavy atom. The summed E-state index contributed by atoms with van der Waals surface area (Å²) in [5.74, 6) is -0.0527. The summed E-state index contributed by atoms with van der Waals surface area (Å²) < 4.78 is 0. The van der Waals surface area contributed by atoms with Gasteiger partial charge < -0.3 is 5.11 Å². The van der Waals surface area contributed by atoms with E-state index in [1.165, 1.54) is 4.90 Å². The Labute approximate surface area is 129 Å². The maximum Gasteiger partial charge on any atom is 0.412 e. The van der Waals surface area contributed by atoms with Crippen molar-refractivity contribution in [2.24, 2.45) is 0 Å². The topological polar surface area (TPSA) is 57.6 Å². The number of rotatable bonds is 3. The van der Waals surface area contributed by atoms with Crippen LogP contribution in [0.2, 0.25) is 0 Å². The van der Waals surface area contributed by atoms with Crippen LogP contribution < -0.4 is 4.90 Å². The van der Waals surface area contributed by atoms with E-state index >= 15 is 0 Å². The fourth-order valence-electron chi connectivity index (χ4n) is 3.00. The van der Waals surface area contributed by atoms with Crippen LogP contribution in [0.1, 0.15) is 17.5 Å². The van der Waals surface area contributed by atoms with Gasteiger partial charge in [0.2, 0.25) is 0 Å². The first-order chi connectivity index (χ1) is 10.7. The summed E-state index contributed by atoms with van der Waals surface area (Å²) in [6.45, 7) is 0. The number of aryl methyl sites for hydroxylation is 1. The number of carbonyl (C=O) groups is 2. The summed E-state index contributed by atoms with van der Waals surface area (Å²) in [5, 5.41) is 9.54. The minimum Gasteiger partial charge on any atom is -0.465 e. The van der Waals surface area contributed by atoms with Crippen LogP contribution in [0.3, 0.4) is 0 Å². The number of fused-ring (bicyclic) bond motifs is 1. The second-order valence-corrected chi connectivity index (χ2v) is 5.46. The van der Waals surface area contributed by atoms with Crippen molar-refractivity contribution in [1.82, 2.24) is 0 Å². The molecule has 1 aliphatic heterocycles. The molecule has 2 aromatic carbocycles. The van der Waals surface area contributed by atoms with E-state index in [1.807, 2.05) is 42.5 Å². The van der Waals surface area contributed by atoms with E-state index in [9.17, 15) is 14.7 Å². The first kappa shape index (κ1) is 14.3. The molecule has 1 amide bonds. The predicted molar refractivity (Wildman–Crippen MR) is 84.2 cm³/mol. The molecule has 0 bridgehead atoms. The van der Waals surface area contributed by atoms with E-state index in [0.717, 1.165) is 17.5 Å². The van der Waals surface area contributed by atoms with E-state index in [2.05, 4.69) is 0 Å². The number of hydrogen-bond donors (Lipinski definition) is 1. The Kier molecular flexibility index (Phi) is 3.92. The minimum atomic E-state index is -1.07. The number of para-hydroxylation sites is 1. The number of hydrogen-bond acceptors (Lipinski definition) is 2. The molecule has 112 valence electrons. The Balaban J connectivity index is 1.87. The molecule has 1 heterocycles. The molecule has 1 N–H and O–H groups in total. The molecule has 3 rings (SSSR count). The second kappa shape index (κ2) is 6.02. The van der Waals surface area contributed by atoms with Gasteiger partial charge >= 0.3 is 6.09 Å². The van der Waals surface area contributed by atoms with E-state index in [4.69, 9.17) is 0 Å². The van der Waals surface area contributed by atoms with Gasteiger partial charge in [-0.15, -0.1) is 0 Å². The van der Waals surface area contributed by atoms with Crippen LogP contribution in [-0.4, -0.2) is 23.0 Å². The number of ketones is 1. The molecule has 0 aromatic heterocycles. The van der Waals surface area contributed by atoms with Crippen LogP contribution in [0.15, 0.2) is 54.6 Å². The monoisotopic (exact) mass is 295 g/mol. The molecule has 22 heavy (non-hydrogen) atoms. The van der Waals surface area contributed by atoms with Gasteiger partial charge in [0.25, 0.3) is 0 Å². The molecule has 0 fully saturated rings. The van der Waals surface area contributed by atoms with Gasteiger partial charge in [-0.05, 0) is 30.0 Å². The van der Waals surface area contributed by atoms with E-state index < -0.39 is 12.1 Å². The zero-order chi connectivity index (χ0) is 15.5. The summed E-state index contributed by atoms with van der Waals surface area (Å²) in [7, 11) is 0. The molecule has 0 aliphatic carbocycles. The Morgan fingerprint density at radius 1 is 1.05 bits per heavy atom. The van der Waals surface area contributed by atoms with Gasteiger partial charge in [0.15, 0.2) is 5.78 Å². The average Bonchev–Trinajstić information content (AvgIpc) is 2.54. The summed E-state index contributed by atoms with van der Waals surface area (Å²) in [5.41, 5.74) is 2.53. The zero-order valence-electron chi connectivity index (χ0n) is 12.1. The van der Waals surface area contributed by atoms with Crippen LogP contribution in [0.25, 0.3) is 0 Å². The first-order valence-electron chi connectivity index (χ1n) is 7.33. The third-order valence-corrected chi connectivity index (χ3v) is 4.05. The zero-order valence-corrected chi connectivity index (χ0v) is 12.1. The van der Waals surface area contributed by atoms with Gasteiger partial charge in [0.1, 0.15) is 0 Å². The number of nitrogens with zero attached hydrogens (tertiary/aromatic N) is 1. The molecule has 0 saturated carbocycles. The summed E-state index contributed by atoms with van der Waals surface area (Å²) in [4.78, 5) is 25.5. The van der Waals surface area contributed by atoms with Crippen molar-refractivity contribution in [2.75, 3.05) is 4.90 Å². The molecule has 0 radical (unpaired) electrons. The van der Waals surface area contributed by atoms with Crippen LogP contribution >= 0.6 is 0 Å². The molecule has 4 heteroatoms. The molecule has 1 unspecified atom stereocenters. The maximum atomic E-state index is 12.6. The lowest BCUT2D eigenvalue weighted by Crippen LogP contribution is -2.48. The van der Waals surface area contributed by atoms with E-state index in [0.29, 0.717) is 12.1 Å². The molecular weight excluding hydrogens is 278 g/mol. The highest BCUT2D eigenvalue weighted by atomic mass is 16.4. The van der Waals surface area contributed by atoms with Crippen molar-refractivity contribution in [3.05, 3.63) is 65.7 Å². The lowest BCUT2D eigenvalue weighted by molar-refractivity contribution is -0.119. The molecule has 1 atom stereocenters. The number of anilines is 1. The number of carbonyl (C=O) groups excluding carboxylic acids is 1. The third kappa shape index (κ3) is 2.72. The van der Waals surface area contributed by atoms with Gasteiger partial charge in [-0.2, -0.15) is 0 Å². The lowest BCUT2D eigenvalue weighted by atomic mass is 9.91. The maximum absolute atomic E-state index is 12.6. The number of carboxylic acid groups (broad SMARTS) is 1. The first-order valence-corrected chi connectivity index (χ1v) is 7.33. The van der Waals surface area contributed by atoms with Gasteiger partial charge in [0, 0.05) is 6.42 Å². The average molecular weight is 295 g/mol. The van der Waals surface area contributed by atoms with Crippen molar-refractivity contribution < 1.29 is 14.7 Å². The van der Waals surface area contributed by atoms with Crippen molar-refractivity contribution in [1.29, 1.82) is 0 Å². The van der Waals surface area contributed by atoms with Crippen LogP contribution in [-0.2, 0) is 17.6 Å². The number of benzene rings is 2. The molecule has 0 spiro atoms. The molecule has 1 aliphatic rings. The summed E-state index contributed by atoms with van der Waals surface area (Å²) in [6.07, 6.45) is 0.455. The number of amides is 1. The number of Topliss-reactive ketones (excluding diaryl/α,β-unsaturated/α-hetero) is 1. The van der Waals surface area contributed by atoms with Crippen molar-refractivity contribution in [3.63, 3.8) is 0 Å². The summed E-state index contributed by atoms with van der Waals surface area (Å²) >= 11 is 0. The Hall–Kier alpha value is -2.62. The smallest absolute Gasteiger partial charge is 0.412 e. The fourth-order valence-corrected chi connectivity index (χ4v) is 3.00. The molecule has 2 aromatic rings. The highest BCUT2D eigenvalue weighted by Gasteiger charge is 2.35. The Bertz CT molecular complexity index is 696. The van der Waals surface area contributed by atoms with Crippen molar-refractivity contribution in [2.45, 2.75) is 25.3 Å². The molecular formula is C18H17NO3. The normalized spacial score (nSPS) is 16.9. The fraction of sp³-hybridized carbons (Fsp3) is 0.222. The van der Waals surface area contributed by atoms with E-state index in [-0.39, 0.29) is 12.2 Å². The SMILES string of the molecule is O=C(Cc1ccccc1)C1CCc2ccccc2N1C(=O)O. The van der Waals surface area contributed by atoms with Gasteiger partial charge in [-0.3, -0.25) is 9.69 Å². The highest BCUT2D eigenvalue weighted by Crippen LogP contribution is 2.31. The Morgan fingerprint density at radius 2 is 1.73 bits per heavy atom. The van der Waals surface area contributed by atoms with E-state index in [1.54, 1.807) is 12.1 Å². The van der Waals surface area contributed by atoms with Crippen molar-refractivity contribution in [3.8, 4) is 0 Å². The second-order valence-electron chi connectivity index (χ2n) is 5.46. The van der Waals surface area contributed by atoms with Gasteiger partial charge in [-0.1, -0.05) is 48.5 Å². The van der Waals surface area contributed by atoms with Crippen LogP contribution in [0, 0.1) is 0 Å². The molecule has 0 saturated heterocycles.